The van der Waals surface area contributed by atoms with E-state index in [1.165, 1.54) is 0 Å². The molecule has 1 atom stereocenters. The molecule has 6 nitrogen and oxygen atoms in total. The number of aromatic nitrogens is 2. The average Bonchev–Trinajstić information content (AvgIpc) is 3.03. The Morgan fingerprint density at radius 1 is 1.14 bits per heavy atom. The van der Waals surface area contributed by atoms with Gasteiger partial charge in [0.2, 0.25) is 0 Å². The summed E-state index contributed by atoms with van der Waals surface area (Å²) in [6.45, 7) is 3.79. The summed E-state index contributed by atoms with van der Waals surface area (Å²) >= 11 is 12.0. The Labute approximate surface area is 178 Å². The van der Waals surface area contributed by atoms with Crippen LogP contribution < -0.4 is 5.76 Å². The molecule has 0 aliphatic carbocycles. The second kappa shape index (κ2) is 9.29. The van der Waals surface area contributed by atoms with E-state index >= 15 is 0 Å². The lowest BCUT2D eigenvalue weighted by molar-refractivity contribution is -0.148. The Kier molecular flexibility index (Phi) is 6.77. The van der Waals surface area contributed by atoms with Gasteiger partial charge in [-0.3, -0.25) is 4.79 Å². The maximum absolute atomic E-state index is 12.6. The van der Waals surface area contributed by atoms with Crippen molar-refractivity contribution in [2.24, 2.45) is 5.92 Å². The van der Waals surface area contributed by atoms with Gasteiger partial charge in [0.1, 0.15) is 0 Å². The van der Waals surface area contributed by atoms with Crippen LogP contribution in [-0.2, 0) is 22.7 Å². The number of carbonyl (C=O) groups is 1. The molecule has 0 saturated carbocycles. The number of benzene rings is 2. The van der Waals surface area contributed by atoms with E-state index in [4.69, 9.17) is 32.4 Å². The van der Waals surface area contributed by atoms with Crippen LogP contribution in [-0.4, -0.2) is 15.7 Å². The first-order valence-electron chi connectivity index (χ1n) is 9.07. The standard InChI is InChI=1S/C21H20Cl2N2O4/c1-13(2)19(14-7-9-16(22)10-8-14)20(26)28-12-18-24-25(21(27)29-18)11-15-5-3-4-6-17(15)23/h3-10,13,19H,11-12H2,1-2H3. The summed E-state index contributed by atoms with van der Waals surface area (Å²) in [5, 5.41) is 5.21. The molecule has 0 aliphatic heterocycles. The second-order valence-electron chi connectivity index (χ2n) is 6.89. The van der Waals surface area contributed by atoms with Gasteiger partial charge in [-0.15, -0.1) is 5.10 Å². The molecular weight excluding hydrogens is 415 g/mol. The summed E-state index contributed by atoms with van der Waals surface area (Å²) in [7, 11) is 0. The highest BCUT2D eigenvalue weighted by atomic mass is 35.5. The topological polar surface area (TPSA) is 74.3 Å². The third-order valence-electron chi connectivity index (χ3n) is 4.41. The van der Waals surface area contributed by atoms with E-state index in [0.717, 1.165) is 15.8 Å². The first-order chi connectivity index (χ1) is 13.8. The van der Waals surface area contributed by atoms with Crippen molar-refractivity contribution in [3.8, 4) is 0 Å². The van der Waals surface area contributed by atoms with Gasteiger partial charge in [-0.2, -0.15) is 4.68 Å². The summed E-state index contributed by atoms with van der Waals surface area (Å²) in [5.74, 6) is -1.51. The SMILES string of the molecule is CC(C)C(C(=O)OCc1nn(Cc2ccccc2Cl)c(=O)o1)c1ccc(Cl)cc1. The smallest absolute Gasteiger partial charge is 0.437 e. The highest BCUT2D eigenvalue weighted by molar-refractivity contribution is 6.31. The molecule has 0 spiro atoms. The van der Waals surface area contributed by atoms with Crippen LogP contribution in [0.1, 0.15) is 36.8 Å². The van der Waals surface area contributed by atoms with Gasteiger partial charge in [0.25, 0.3) is 5.89 Å². The van der Waals surface area contributed by atoms with Crippen LogP contribution in [0.2, 0.25) is 10.0 Å². The van der Waals surface area contributed by atoms with E-state index in [2.05, 4.69) is 5.10 Å². The van der Waals surface area contributed by atoms with Gasteiger partial charge in [0.15, 0.2) is 6.61 Å². The molecule has 3 rings (SSSR count). The van der Waals surface area contributed by atoms with Crippen LogP contribution in [0.25, 0.3) is 0 Å². The summed E-state index contributed by atoms with van der Waals surface area (Å²) in [5.41, 5.74) is 1.54. The molecule has 152 valence electrons. The minimum atomic E-state index is -0.644. The van der Waals surface area contributed by atoms with Crippen LogP contribution in [0.5, 0.6) is 0 Å². The summed E-state index contributed by atoms with van der Waals surface area (Å²) in [4.78, 5) is 24.7. The molecule has 1 aromatic heterocycles. The molecule has 1 unspecified atom stereocenters. The Hall–Kier alpha value is -2.57. The van der Waals surface area contributed by atoms with Crippen molar-refractivity contribution in [3.63, 3.8) is 0 Å². The van der Waals surface area contributed by atoms with Crippen molar-refractivity contribution in [2.45, 2.75) is 32.9 Å². The quantitative estimate of drug-likeness (QED) is 0.504. The number of nitrogens with zero attached hydrogens (tertiary/aromatic N) is 2. The number of hydrogen-bond donors (Lipinski definition) is 0. The van der Waals surface area contributed by atoms with E-state index < -0.39 is 17.6 Å². The molecule has 0 N–H and O–H groups in total. The Morgan fingerprint density at radius 3 is 2.48 bits per heavy atom. The fourth-order valence-corrected chi connectivity index (χ4v) is 3.30. The monoisotopic (exact) mass is 434 g/mol. The minimum absolute atomic E-state index is 0.00784. The molecule has 0 amide bonds. The largest absolute Gasteiger partial charge is 0.455 e. The van der Waals surface area contributed by atoms with Crippen molar-refractivity contribution in [3.05, 3.63) is 86.1 Å². The van der Waals surface area contributed by atoms with Crippen molar-refractivity contribution in [1.82, 2.24) is 9.78 Å². The molecule has 0 bridgehead atoms. The Bertz CT molecular complexity index is 1040. The number of carbonyl (C=O) groups excluding carboxylic acids is 1. The van der Waals surface area contributed by atoms with E-state index in [-0.39, 0.29) is 25.0 Å². The van der Waals surface area contributed by atoms with Crippen LogP contribution in [0.15, 0.2) is 57.7 Å². The Morgan fingerprint density at radius 2 is 1.83 bits per heavy atom. The lowest BCUT2D eigenvalue weighted by atomic mass is 9.88. The zero-order valence-electron chi connectivity index (χ0n) is 16.0. The second-order valence-corrected chi connectivity index (χ2v) is 7.74. The zero-order valence-corrected chi connectivity index (χ0v) is 17.5. The zero-order chi connectivity index (χ0) is 21.0. The van der Waals surface area contributed by atoms with Crippen LogP contribution in [0, 0.1) is 5.92 Å². The van der Waals surface area contributed by atoms with Gasteiger partial charge >= 0.3 is 11.7 Å². The molecule has 29 heavy (non-hydrogen) atoms. The highest BCUT2D eigenvalue weighted by Gasteiger charge is 2.26. The predicted molar refractivity (Wildman–Crippen MR) is 110 cm³/mol. The maximum Gasteiger partial charge on any atom is 0.437 e. The van der Waals surface area contributed by atoms with Crippen LogP contribution in [0.3, 0.4) is 0 Å². The van der Waals surface area contributed by atoms with Gasteiger partial charge in [-0.25, -0.2) is 4.79 Å². The first-order valence-corrected chi connectivity index (χ1v) is 9.83. The van der Waals surface area contributed by atoms with Crippen LogP contribution >= 0.6 is 23.2 Å². The van der Waals surface area contributed by atoms with E-state index in [0.29, 0.717) is 10.0 Å². The van der Waals surface area contributed by atoms with Crippen molar-refractivity contribution in [2.75, 3.05) is 0 Å². The van der Waals surface area contributed by atoms with Gasteiger partial charge in [0, 0.05) is 10.0 Å². The lowest BCUT2D eigenvalue weighted by Gasteiger charge is -2.19. The van der Waals surface area contributed by atoms with Crippen LogP contribution in [0.4, 0.5) is 0 Å². The number of ether oxygens (including phenoxy) is 1. The summed E-state index contributed by atoms with van der Waals surface area (Å²) in [6, 6.07) is 14.2. The molecule has 0 aliphatic rings. The molecule has 3 aromatic rings. The van der Waals surface area contributed by atoms with Gasteiger partial charge in [0.05, 0.1) is 12.5 Å². The normalized spacial score (nSPS) is 12.2. The fraction of sp³-hybridized carbons (Fsp3) is 0.286. The first kappa shape index (κ1) is 21.1. The molecule has 0 fully saturated rings. The Balaban J connectivity index is 1.69. The molecule has 2 aromatic carbocycles. The van der Waals surface area contributed by atoms with Gasteiger partial charge < -0.3 is 9.15 Å². The number of rotatable bonds is 7. The molecular formula is C21H20Cl2N2O4. The maximum atomic E-state index is 12.6. The summed E-state index contributed by atoms with van der Waals surface area (Å²) in [6.07, 6.45) is 0. The molecule has 0 saturated heterocycles. The number of halogens is 2. The number of hydrogen-bond acceptors (Lipinski definition) is 5. The lowest BCUT2D eigenvalue weighted by Crippen LogP contribution is -2.21. The van der Waals surface area contributed by atoms with Crippen molar-refractivity contribution >= 4 is 29.2 Å². The third kappa shape index (κ3) is 5.28. The molecule has 1 heterocycles. The number of esters is 1. The van der Waals surface area contributed by atoms with E-state index in [1.807, 2.05) is 19.9 Å². The summed E-state index contributed by atoms with van der Waals surface area (Å²) < 4.78 is 11.6. The van der Waals surface area contributed by atoms with Crippen molar-refractivity contribution < 1.29 is 13.9 Å². The highest BCUT2D eigenvalue weighted by Crippen LogP contribution is 2.27. The van der Waals surface area contributed by atoms with Gasteiger partial charge in [-0.1, -0.05) is 67.4 Å². The third-order valence-corrected chi connectivity index (χ3v) is 5.03. The fourth-order valence-electron chi connectivity index (χ4n) is 2.98. The van der Waals surface area contributed by atoms with E-state index in [9.17, 15) is 9.59 Å². The molecule has 0 radical (unpaired) electrons. The average molecular weight is 435 g/mol. The molecule has 8 heteroatoms. The van der Waals surface area contributed by atoms with Gasteiger partial charge in [-0.05, 0) is 35.2 Å². The predicted octanol–water partition coefficient (Wildman–Crippen LogP) is 4.67. The van der Waals surface area contributed by atoms with E-state index in [1.54, 1.807) is 42.5 Å². The van der Waals surface area contributed by atoms with Crippen molar-refractivity contribution in [1.29, 1.82) is 0 Å². The minimum Gasteiger partial charge on any atom is -0.455 e.